The highest BCUT2D eigenvalue weighted by atomic mass is 79.9. The van der Waals surface area contributed by atoms with Gasteiger partial charge in [0.2, 0.25) is 0 Å². The molecule has 0 spiro atoms. The number of nitrogens with one attached hydrogen (secondary N) is 1. The number of benzene rings is 2. The Labute approximate surface area is 136 Å². The molecule has 0 aliphatic heterocycles. The maximum atomic E-state index is 13.5. The van der Waals surface area contributed by atoms with Gasteiger partial charge < -0.3 is 10.1 Å². The van der Waals surface area contributed by atoms with Crippen molar-refractivity contribution in [3.8, 4) is 11.8 Å². The predicted octanol–water partition coefficient (Wildman–Crippen LogP) is 3.87. The minimum Gasteiger partial charge on any atom is -0.445 e. The van der Waals surface area contributed by atoms with E-state index in [1.54, 1.807) is 12.1 Å². The maximum absolute atomic E-state index is 13.5. The van der Waals surface area contributed by atoms with Crippen molar-refractivity contribution in [1.82, 2.24) is 5.32 Å². The lowest BCUT2D eigenvalue weighted by Crippen LogP contribution is -2.24. The molecule has 0 saturated carbocycles. The van der Waals surface area contributed by atoms with E-state index in [4.69, 9.17) is 4.74 Å². The first-order valence-corrected chi connectivity index (χ1v) is 7.33. The van der Waals surface area contributed by atoms with Gasteiger partial charge >= 0.3 is 6.09 Å². The van der Waals surface area contributed by atoms with Gasteiger partial charge in [-0.15, -0.1) is 0 Å². The SMILES string of the molecule is O=C(NCC#Cc1ccc(Br)cc1F)OCc1ccccc1. The molecule has 0 aliphatic carbocycles. The van der Waals surface area contributed by atoms with Crippen LogP contribution in [0.4, 0.5) is 9.18 Å². The van der Waals surface area contributed by atoms with Crippen LogP contribution in [0.5, 0.6) is 0 Å². The Kier molecular flexibility index (Phi) is 5.99. The van der Waals surface area contributed by atoms with Gasteiger partial charge in [-0.05, 0) is 23.8 Å². The van der Waals surface area contributed by atoms with Crippen LogP contribution >= 0.6 is 15.9 Å². The molecule has 3 nitrogen and oxygen atoms in total. The van der Waals surface area contributed by atoms with Crippen LogP contribution in [-0.4, -0.2) is 12.6 Å². The predicted molar refractivity (Wildman–Crippen MR) is 85.6 cm³/mol. The van der Waals surface area contributed by atoms with Gasteiger partial charge in [-0.25, -0.2) is 9.18 Å². The Bertz CT molecular complexity index is 708. The first-order chi connectivity index (χ1) is 10.6. The third-order valence-electron chi connectivity index (χ3n) is 2.69. The third-order valence-corrected chi connectivity index (χ3v) is 3.18. The molecule has 2 aromatic carbocycles. The van der Waals surface area contributed by atoms with Crippen LogP contribution in [0.3, 0.4) is 0 Å². The number of ether oxygens (including phenoxy) is 1. The van der Waals surface area contributed by atoms with Crippen molar-refractivity contribution < 1.29 is 13.9 Å². The fraction of sp³-hybridized carbons (Fsp3) is 0.118. The van der Waals surface area contributed by atoms with Crippen molar-refractivity contribution in [2.24, 2.45) is 0 Å². The second-order valence-electron chi connectivity index (χ2n) is 4.34. The van der Waals surface area contributed by atoms with Gasteiger partial charge in [-0.2, -0.15) is 0 Å². The molecule has 0 unspecified atom stereocenters. The highest BCUT2D eigenvalue weighted by Crippen LogP contribution is 2.14. The highest BCUT2D eigenvalue weighted by Gasteiger charge is 2.01. The van der Waals surface area contributed by atoms with Crippen molar-refractivity contribution in [2.45, 2.75) is 6.61 Å². The molecule has 22 heavy (non-hydrogen) atoms. The second kappa shape index (κ2) is 8.20. The molecular formula is C17H13BrFNO2. The number of hydrogen-bond acceptors (Lipinski definition) is 2. The molecule has 0 heterocycles. The van der Waals surface area contributed by atoms with Crippen molar-refractivity contribution in [1.29, 1.82) is 0 Å². The number of hydrogen-bond donors (Lipinski definition) is 1. The average molecular weight is 362 g/mol. The van der Waals surface area contributed by atoms with Crippen molar-refractivity contribution in [3.63, 3.8) is 0 Å². The van der Waals surface area contributed by atoms with E-state index in [2.05, 4.69) is 33.1 Å². The first-order valence-electron chi connectivity index (χ1n) is 6.53. The van der Waals surface area contributed by atoms with Gasteiger partial charge in [-0.1, -0.05) is 58.1 Å². The van der Waals surface area contributed by atoms with Crippen molar-refractivity contribution in [2.75, 3.05) is 6.54 Å². The molecule has 2 rings (SSSR count). The molecule has 112 valence electrons. The molecule has 1 N–H and O–H groups in total. The van der Waals surface area contributed by atoms with Crippen LogP contribution in [-0.2, 0) is 11.3 Å². The number of halogens is 2. The van der Waals surface area contributed by atoms with E-state index < -0.39 is 11.9 Å². The Morgan fingerprint density at radius 1 is 1.23 bits per heavy atom. The topological polar surface area (TPSA) is 38.3 Å². The molecular weight excluding hydrogens is 349 g/mol. The summed E-state index contributed by atoms with van der Waals surface area (Å²) in [5.74, 6) is 4.92. The number of carbonyl (C=O) groups excluding carboxylic acids is 1. The monoisotopic (exact) mass is 361 g/mol. The Balaban J connectivity index is 1.76. The molecule has 1 amide bonds. The van der Waals surface area contributed by atoms with Crippen molar-refractivity contribution in [3.05, 3.63) is 69.9 Å². The Morgan fingerprint density at radius 3 is 2.73 bits per heavy atom. The lowest BCUT2D eigenvalue weighted by Gasteiger charge is -2.04. The smallest absolute Gasteiger partial charge is 0.408 e. The van der Waals surface area contributed by atoms with Crippen LogP contribution in [0.1, 0.15) is 11.1 Å². The van der Waals surface area contributed by atoms with Gasteiger partial charge in [0.25, 0.3) is 0 Å². The second-order valence-corrected chi connectivity index (χ2v) is 5.26. The molecule has 0 saturated heterocycles. The van der Waals surface area contributed by atoms with E-state index in [1.807, 2.05) is 30.3 Å². The summed E-state index contributed by atoms with van der Waals surface area (Å²) in [7, 11) is 0. The zero-order valence-corrected chi connectivity index (χ0v) is 13.2. The summed E-state index contributed by atoms with van der Waals surface area (Å²) in [5.41, 5.74) is 1.18. The molecule has 0 aromatic heterocycles. The van der Waals surface area contributed by atoms with Crippen LogP contribution in [0.25, 0.3) is 0 Å². The summed E-state index contributed by atoms with van der Waals surface area (Å²) in [5, 5.41) is 2.49. The zero-order valence-electron chi connectivity index (χ0n) is 11.6. The fourth-order valence-corrected chi connectivity index (χ4v) is 1.95. The normalized spacial score (nSPS) is 9.55. The van der Waals surface area contributed by atoms with Gasteiger partial charge in [0, 0.05) is 4.47 Å². The van der Waals surface area contributed by atoms with E-state index in [1.165, 1.54) is 6.07 Å². The Hall–Kier alpha value is -2.32. The molecule has 0 radical (unpaired) electrons. The molecule has 5 heteroatoms. The van der Waals surface area contributed by atoms with E-state index in [9.17, 15) is 9.18 Å². The number of carbonyl (C=O) groups is 1. The van der Waals surface area contributed by atoms with E-state index in [-0.39, 0.29) is 18.7 Å². The summed E-state index contributed by atoms with van der Waals surface area (Å²) in [6, 6.07) is 14.0. The summed E-state index contributed by atoms with van der Waals surface area (Å²) in [6.07, 6.45) is -0.561. The molecule has 0 bridgehead atoms. The average Bonchev–Trinajstić information content (AvgIpc) is 2.52. The minimum absolute atomic E-state index is 0.0864. The van der Waals surface area contributed by atoms with Gasteiger partial charge in [0.15, 0.2) is 0 Å². The number of amides is 1. The lowest BCUT2D eigenvalue weighted by molar-refractivity contribution is 0.141. The van der Waals surface area contributed by atoms with Gasteiger partial charge in [-0.3, -0.25) is 0 Å². The zero-order chi connectivity index (χ0) is 15.8. The largest absolute Gasteiger partial charge is 0.445 e. The summed E-state index contributed by atoms with van der Waals surface area (Å²) >= 11 is 3.17. The number of alkyl carbamates (subject to hydrolysis) is 1. The van der Waals surface area contributed by atoms with Gasteiger partial charge in [0.1, 0.15) is 12.4 Å². The maximum Gasteiger partial charge on any atom is 0.408 e. The first kappa shape index (κ1) is 16.1. The van der Waals surface area contributed by atoms with Crippen LogP contribution < -0.4 is 5.32 Å². The highest BCUT2D eigenvalue weighted by molar-refractivity contribution is 9.10. The summed E-state index contributed by atoms with van der Waals surface area (Å²) in [6.45, 7) is 0.282. The molecule has 0 aliphatic rings. The molecule has 2 aromatic rings. The van der Waals surface area contributed by atoms with Crippen LogP contribution in [0.2, 0.25) is 0 Å². The van der Waals surface area contributed by atoms with Crippen molar-refractivity contribution >= 4 is 22.0 Å². The lowest BCUT2D eigenvalue weighted by atomic mass is 10.2. The fourth-order valence-electron chi connectivity index (χ4n) is 1.62. The third kappa shape index (κ3) is 5.23. The minimum atomic E-state index is -0.561. The van der Waals surface area contributed by atoms with Crippen LogP contribution in [0, 0.1) is 17.7 Å². The summed E-state index contributed by atoms with van der Waals surface area (Å²) in [4.78, 5) is 11.5. The molecule has 0 fully saturated rings. The van der Waals surface area contributed by atoms with E-state index >= 15 is 0 Å². The number of rotatable bonds is 3. The Morgan fingerprint density at radius 2 is 2.00 bits per heavy atom. The summed E-state index contributed by atoms with van der Waals surface area (Å²) < 4.78 is 19.2. The van der Waals surface area contributed by atoms with Crippen LogP contribution in [0.15, 0.2) is 53.0 Å². The van der Waals surface area contributed by atoms with E-state index in [0.717, 1.165) is 5.56 Å². The van der Waals surface area contributed by atoms with E-state index in [0.29, 0.717) is 4.47 Å². The van der Waals surface area contributed by atoms with Gasteiger partial charge in [0.05, 0.1) is 12.1 Å². The standard InChI is InChI=1S/C17H13BrFNO2/c18-15-9-8-14(16(19)11-15)7-4-10-20-17(21)22-12-13-5-2-1-3-6-13/h1-3,5-6,8-9,11H,10,12H2,(H,20,21). The molecule has 0 atom stereocenters. The quantitative estimate of drug-likeness (QED) is 0.842.